The zero-order valence-corrected chi connectivity index (χ0v) is 39.3. The van der Waals surface area contributed by atoms with Gasteiger partial charge in [-0.25, -0.2) is 56.9 Å². The molecule has 2 fully saturated rings. The van der Waals surface area contributed by atoms with E-state index in [1.54, 1.807) is 0 Å². The lowest BCUT2D eigenvalue weighted by atomic mass is 9.86. The highest BCUT2D eigenvalue weighted by molar-refractivity contribution is 7.94. The van der Waals surface area contributed by atoms with Crippen molar-refractivity contribution in [2.75, 3.05) is 0 Å². The molecule has 10 nitrogen and oxygen atoms in total. The summed E-state index contributed by atoms with van der Waals surface area (Å²) in [6.45, 7) is 1.93. The summed E-state index contributed by atoms with van der Waals surface area (Å²) in [5.41, 5.74) is -5.69. The molecule has 23 heteroatoms. The van der Waals surface area contributed by atoms with Gasteiger partial charge in [0, 0.05) is 47.8 Å². The summed E-state index contributed by atoms with van der Waals surface area (Å²) < 4.78 is 200. The minimum absolute atomic E-state index is 0.00921. The Kier molecular flexibility index (Phi) is 12.9. The molecular formula is C46H42ClF10N5O5S2. The highest BCUT2D eigenvalue weighted by Gasteiger charge is 2.55. The minimum Gasteiger partial charge on any atom is -0.298 e. The molecule has 3 aromatic heterocycles. The minimum atomic E-state index is -4.17. The zero-order valence-electron chi connectivity index (χ0n) is 36.9. The Morgan fingerprint density at radius 3 is 2.12 bits per heavy atom. The number of halogens is 11. The van der Waals surface area contributed by atoms with Crippen molar-refractivity contribution in [3.8, 4) is 23.0 Å². The lowest BCUT2D eigenvalue weighted by molar-refractivity contribution is -0.121. The van der Waals surface area contributed by atoms with Crippen LogP contribution in [0.15, 0.2) is 42.5 Å². The largest absolute Gasteiger partial charge is 0.298 e. The number of hydrogen-bond acceptors (Lipinski definition) is 8. The molecular weight excluding hydrogens is 992 g/mol. The third-order valence-corrected chi connectivity index (χ3v) is 18.6. The maximum absolute atomic E-state index is 15.4. The number of fused-ring (bicyclic) bond motifs is 2. The van der Waals surface area contributed by atoms with Crippen LogP contribution in [0, 0.1) is 23.5 Å². The Morgan fingerprint density at radius 2 is 1.51 bits per heavy atom. The Hall–Kier alpha value is -5.01. The summed E-state index contributed by atoms with van der Waals surface area (Å²) in [5, 5.41) is 6.92. The van der Waals surface area contributed by atoms with Crippen LogP contribution in [0.5, 0.6) is 0 Å². The molecule has 0 bridgehead atoms. The van der Waals surface area contributed by atoms with Gasteiger partial charge in [0.15, 0.2) is 25.5 Å². The van der Waals surface area contributed by atoms with Gasteiger partial charge in [-0.05, 0) is 94.7 Å². The maximum atomic E-state index is 15.4. The first kappa shape index (κ1) is 50.4. The molecule has 0 N–H and O–H groups in total. The van der Waals surface area contributed by atoms with Gasteiger partial charge in [-0.3, -0.25) is 14.2 Å². The predicted molar refractivity (Wildman–Crippen MR) is 234 cm³/mol. The Morgan fingerprint density at radius 1 is 0.870 bits per heavy atom. The van der Waals surface area contributed by atoms with Gasteiger partial charge in [0.05, 0.1) is 43.2 Å². The standard InChI is InChI=1S/C46H42ClF10N5O5S2/c1-43(2,69(66,67)30-5-6-30)11-10-28-4-7-31(32-8-9-33(47)36-34(23-68(64,65)44(3)12-13-44)59-61(40(32)36)22-35(50)51)38(58-28)25(16-24-17-26(48)20-27(49)18-24)19-29(63)21-62-41-37(39(60-62)42(52)53)45(54,55)14-15-46(41,56)57/h4,7-9,17-18,20,25,30,35,42H,5-6,12-16,19,21-23H2,1-3H3/t25-/m1/s1. The van der Waals surface area contributed by atoms with Crippen LogP contribution < -0.4 is 0 Å². The van der Waals surface area contributed by atoms with Crippen molar-refractivity contribution in [3.63, 3.8) is 0 Å². The first-order valence-electron chi connectivity index (χ1n) is 21.6. The summed E-state index contributed by atoms with van der Waals surface area (Å²) in [7, 11) is -7.72. The van der Waals surface area contributed by atoms with Crippen LogP contribution in [0.25, 0.3) is 22.0 Å². The molecule has 3 aliphatic rings. The molecule has 3 aliphatic carbocycles. The Bertz CT molecular complexity index is 3170. The van der Waals surface area contributed by atoms with E-state index in [2.05, 4.69) is 22.0 Å². The second-order valence-corrected chi connectivity index (χ2v) is 24.3. The van der Waals surface area contributed by atoms with Crippen molar-refractivity contribution in [1.29, 1.82) is 0 Å². The van der Waals surface area contributed by atoms with Crippen molar-refractivity contribution >= 4 is 48.0 Å². The van der Waals surface area contributed by atoms with Gasteiger partial charge < -0.3 is 0 Å². The molecule has 0 unspecified atom stereocenters. The number of hydrogen-bond donors (Lipinski definition) is 0. The van der Waals surface area contributed by atoms with Crippen LogP contribution in [-0.4, -0.2) is 68.3 Å². The molecule has 2 saturated carbocycles. The first-order valence-corrected chi connectivity index (χ1v) is 25.2. The third-order valence-electron chi connectivity index (χ3n) is 12.9. The quantitative estimate of drug-likeness (QED) is 0.0705. The van der Waals surface area contributed by atoms with Crippen molar-refractivity contribution in [1.82, 2.24) is 24.5 Å². The highest BCUT2D eigenvalue weighted by Crippen LogP contribution is 2.53. The Balaban J connectivity index is 1.33. The number of pyridine rings is 1. The van der Waals surface area contributed by atoms with Gasteiger partial charge in [0.2, 0.25) is 0 Å². The van der Waals surface area contributed by atoms with Gasteiger partial charge in [-0.1, -0.05) is 23.6 Å². The number of ketones is 1. The van der Waals surface area contributed by atoms with Crippen molar-refractivity contribution in [2.24, 2.45) is 0 Å². The van der Waals surface area contributed by atoms with Crippen molar-refractivity contribution < 1.29 is 65.5 Å². The average molecular weight is 1030 g/mol. The molecule has 69 heavy (non-hydrogen) atoms. The van der Waals surface area contributed by atoms with Gasteiger partial charge in [0.25, 0.3) is 24.7 Å². The lowest BCUT2D eigenvalue weighted by Gasteiger charge is -2.29. The first-order chi connectivity index (χ1) is 32.0. The SMILES string of the molecule is CC1(S(=O)(=O)Cc2nn(CC(F)F)c3c(-c4ccc(C#CC(C)(C)S(=O)(=O)C5CC5)nc4[C@@H](CC(=O)Cn4nc(C(F)F)c5c4C(F)(F)CCC5(F)F)Cc4cc(F)cc(F)c4)ccc(Cl)c23)CC1. The molecule has 0 amide bonds. The van der Waals surface area contributed by atoms with Crippen LogP contribution in [0.1, 0.15) is 118 Å². The van der Waals surface area contributed by atoms with Gasteiger partial charge in [0.1, 0.15) is 46.6 Å². The van der Waals surface area contributed by atoms with E-state index in [0.717, 1.165) is 16.8 Å². The number of benzene rings is 2. The molecule has 8 rings (SSSR count). The summed E-state index contributed by atoms with van der Waals surface area (Å²) in [6.07, 6.45) is -9.58. The van der Waals surface area contributed by atoms with E-state index < -0.39 is 144 Å². The number of alkyl halides is 8. The topological polar surface area (TPSA) is 134 Å². The number of carbonyl (C=O) groups is 1. The fourth-order valence-corrected chi connectivity index (χ4v) is 12.4. The number of Topliss-reactive ketones (excluding diaryl/α,β-unsaturated/α-hetero) is 1. The summed E-state index contributed by atoms with van der Waals surface area (Å²) in [5.74, 6) is -8.20. The molecule has 0 aliphatic heterocycles. The number of rotatable bonds is 16. The van der Waals surface area contributed by atoms with Gasteiger partial charge in [-0.15, -0.1) is 0 Å². The normalized spacial score (nSPS) is 18.0. The van der Waals surface area contributed by atoms with E-state index in [1.165, 1.54) is 45.0 Å². The number of sulfone groups is 2. The fraction of sp³-hybridized carbons (Fsp3) is 0.478. The van der Waals surface area contributed by atoms with Crippen LogP contribution >= 0.6 is 11.6 Å². The van der Waals surface area contributed by atoms with E-state index in [1.807, 2.05) is 0 Å². The molecule has 5 aromatic rings. The fourth-order valence-electron chi connectivity index (χ4n) is 8.76. The molecule has 2 aromatic carbocycles. The monoisotopic (exact) mass is 1030 g/mol. The third kappa shape index (κ3) is 9.75. The lowest BCUT2D eigenvalue weighted by Crippen LogP contribution is -2.33. The van der Waals surface area contributed by atoms with Gasteiger partial charge in [-0.2, -0.15) is 19.0 Å². The molecule has 1 atom stereocenters. The van der Waals surface area contributed by atoms with E-state index in [4.69, 9.17) is 16.6 Å². The van der Waals surface area contributed by atoms with Crippen LogP contribution in [0.4, 0.5) is 43.9 Å². The molecule has 0 saturated heterocycles. The molecule has 0 radical (unpaired) electrons. The van der Waals surface area contributed by atoms with E-state index in [9.17, 15) is 48.0 Å². The van der Waals surface area contributed by atoms with Crippen LogP contribution in [0.3, 0.4) is 0 Å². The molecule has 3 heterocycles. The average Bonchev–Trinajstić information content (AvgIpc) is 4.17. The maximum Gasteiger partial charge on any atom is 0.290 e. The second-order valence-electron chi connectivity index (χ2n) is 18.6. The molecule has 0 spiro atoms. The predicted octanol–water partition coefficient (Wildman–Crippen LogP) is 10.6. The summed E-state index contributed by atoms with van der Waals surface area (Å²) >= 11 is 6.71. The Labute approximate surface area is 394 Å². The number of nitrogens with zero attached hydrogens (tertiary/aromatic N) is 5. The van der Waals surface area contributed by atoms with E-state index in [0.29, 0.717) is 31.7 Å². The van der Waals surface area contributed by atoms with Crippen molar-refractivity contribution in [2.45, 2.75) is 136 Å². The second kappa shape index (κ2) is 17.7. The summed E-state index contributed by atoms with van der Waals surface area (Å²) in [6, 6.07) is 7.73. The van der Waals surface area contributed by atoms with Crippen LogP contribution in [-0.2, 0) is 61.6 Å². The smallest absolute Gasteiger partial charge is 0.290 e. The van der Waals surface area contributed by atoms with Crippen LogP contribution in [0.2, 0.25) is 5.02 Å². The number of carbonyl (C=O) groups excluding carboxylic acids is 1. The van der Waals surface area contributed by atoms with Crippen molar-refractivity contribution in [3.05, 3.63) is 98.7 Å². The molecule has 370 valence electrons. The van der Waals surface area contributed by atoms with E-state index >= 15 is 17.6 Å². The van der Waals surface area contributed by atoms with E-state index in [-0.39, 0.29) is 54.4 Å². The van der Waals surface area contributed by atoms with Gasteiger partial charge >= 0.3 is 0 Å². The highest BCUT2D eigenvalue weighted by atomic mass is 35.5. The summed E-state index contributed by atoms with van der Waals surface area (Å²) in [4.78, 5) is 19.0. The number of aromatic nitrogens is 5. The zero-order chi connectivity index (χ0) is 50.4.